The first kappa shape index (κ1) is 29.3. The highest BCUT2D eigenvalue weighted by Crippen LogP contribution is 2.40. The lowest BCUT2D eigenvalue weighted by Crippen LogP contribution is -2.39. The minimum absolute atomic E-state index is 0.0370. The van der Waals surface area contributed by atoms with Crippen LogP contribution in [0.1, 0.15) is 37.2 Å². The number of benzene rings is 1. The third-order valence-electron chi connectivity index (χ3n) is 6.51. The fourth-order valence-corrected chi connectivity index (χ4v) is 4.35. The number of rotatable bonds is 15. The standard InChI is InChI=1S/C22H36N4.C9H9F/c1-7-11-21(9-3)17-24-20(5)22-12-10-15-26(22)19(4)18-25(6)16-14-23-13-8-2;10-9-4-2-1-3-8(9)7-5-6-7/h7-9,11,22-24H,1-5,10,12-18H2,6H3;1-4,7H,5-6H2/b21-11+;. The van der Waals surface area contributed by atoms with Crippen molar-refractivity contribution in [2.75, 3.05) is 46.3 Å². The van der Waals surface area contributed by atoms with Crippen molar-refractivity contribution in [1.29, 1.82) is 0 Å². The highest BCUT2D eigenvalue weighted by molar-refractivity contribution is 5.25. The highest BCUT2D eigenvalue weighted by Gasteiger charge is 2.28. The van der Waals surface area contributed by atoms with Gasteiger partial charge in [-0.05, 0) is 55.9 Å². The van der Waals surface area contributed by atoms with E-state index >= 15 is 0 Å². The summed E-state index contributed by atoms with van der Waals surface area (Å²) in [6.07, 6.45) is 12.1. The third kappa shape index (κ3) is 10.00. The number of halogens is 1. The highest BCUT2D eigenvalue weighted by atomic mass is 19.1. The number of hydrogen-bond acceptors (Lipinski definition) is 4. The van der Waals surface area contributed by atoms with Crippen LogP contribution in [0.25, 0.3) is 0 Å². The molecule has 1 saturated heterocycles. The summed E-state index contributed by atoms with van der Waals surface area (Å²) in [5.74, 6) is 0.492. The smallest absolute Gasteiger partial charge is 0.126 e. The molecule has 0 aromatic heterocycles. The number of hydrogen-bond donors (Lipinski definition) is 2. The van der Waals surface area contributed by atoms with Crippen LogP contribution in [-0.2, 0) is 0 Å². The van der Waals surface area contributed by atoms with Gasteiger partial charge >= 0.3 is 0 Å². The maximum Gasteiger partial charge on any atom is 0.126 e. The molecule has 2 fully saturated rings. The Hall–Kier alpha value is -2.89. The van der Waals surface area contributed by atoms with E-state index in [0.29, 0.717) is 12.0 Å². The molecular weight excluding hydrogens is 447 g/mol. The number of likely N-dealkylation sites (tertiary alicyclic amines) is 1. The van der Waals surface area contributed by atoms with Gasteiger partial charge in [-0.2, -0.15) is 0 Å². The van der Waals surface area contributed by atoms with E-state index in [1.165, 1.54) is 25.3 Å². The zero-order valence-corrected chi connectivity index (χ0v) is 22.2. The predicted molar refractivity (Wildman–Crippen MR) is 153 cm³/mol. The van der Waals surface area contributed by atoms with Crippen LogP contribution >= 0.6 is 0 Å². The molecule has 1 atom stereocenters. The quantitative estimate of drug-likeness (QED) is 0.185. The maximum absolute atomic E-state index is 12.9. The molecule has 196 valence electrons. The molecule has 1 aliphatic carbocycles. The summed E-state index contributed by atoms with van der Waals surface area (Å²) >= 11 is 0. The molecule has 4 nitrogen and oxygen atoms in total. The Bertz CT molecular complexity index is 915. The summed E-state index contributed by atoms with van der Waals surface area (Å²) in [6, 6.07) is 7.36. The van der Waals surface area contributed by atoms with E-state index in [-0.39, 0.29) is 5.82 Å². The lowest BCUT2D eigenvalue weighted by atomic mass is 10.1. The summed E-state index contributed by atoms with van der Waals surface area (Å²) < 4.78 is 12.9. The molecule has 2 aliphatic rings. The van der Waals surface area contributed by atoms with Gasteiger partial charge in [0.25, 0.3) is 0 Å². The second kappa shape index (κ2) is 16.0. The van der Waals surface area contributed by atoms with Gasteiger partial charge in [-0.15, -0.1) is 6.58 Å². The van der Waals surface area contributed by atoms with Crippen molar-refractivity contribution in [3.05, 3.63) is 110 Å². The fraction of sp³-hybridized carbons (Fsp3) is 0.419. The van der Waals surface area contributed by atoms with Crippen LogP contribution in [0.4, 0.5) is 4.39 Å². The van der Waals surface area contributed by atoms with Crippen molar-refractivity contribution < 1.29 is 4.39 Å². The van der Waals surface area contributed by atoms with Crippen LogP contribution in [0.3, 0.4) is 0 Å². The summed E-state index contributed by atoms with van der Waals surface area (Å²) in [6.45, 7) is 25.3. The van der Waals surface area contributed by atoms with Crippen molar-refractivity contribution in [3.63, 3.8) is 0 Å². The van der Waals surface area contributed by atoms with Gasteiger partial charge in [0, 0.05) is 50.7 Å². The predicted octanol–water partition coefficient (Wildman–Crippen LogP) is 5.78. The third-order valence-corrected chi connectivity index (χ3v) is 6.51. The van der Waals surface area contributed by atoms with Crippen LogP contribution < -0.4 is 10.6 Å². The molecule has 0 bridgehead atoms. The van der Waals surface area contributed by atoms with Crippen LogP contribution in [0.15, 0.2) is 98.4 Å². The Morgan fingerprint density at radius 1 is 1.17 bits per heavy atom. The summed E-state index contributed by atoms with van der Waals surface area (Å²) in [5.41, 5.74) is 4.22. The fourth-order valence-electron chi connectivity index (χ4n) is 4.35. The van der Waals surface area contributed by atoms with Gasteiger partial charge in [0.15, 0.2) is 0 Å². The van der Waals surface area contributed by atoms with Crippen molar-refractivity contribution in [2.45, 2.75) is 37.6 Å². The zero-order chi connectivity index (χ0) is 26.3. The minimum Gasteiger partial charge on any atom is -0.383 e. The number of nitrogens with one attached hydrogen (secondary N) is 2. The Morgan fingerprint density at radius 2 is 1.92 bits per heavy atom. The van der Waals surface area contributed by atoms with Crippen LogP contribution in [0.2, 0.25) is 0 Å². The van der Waals surface area contributed by atoms with E-state index in [4.69, 9.17) is 0 Å². The molecule has 0 spiro atoms. The van der Waals surface area contributed by atoms with Gasteiger partial charge in [0.05, 0.1) is 6.04 Å². The first-order valence-electron chi connectivity index (χ1n) is 13.0. The van der Waals surface area contributed by atoms with Crippen LogP contribution in [0, 0.1) is 5.82 Å². The van der Waals surface area contributed by atoms with E-state index < -0.39 is 0 Å². The van der Waals surface area contributed by atoms with Crippen molar-refractivity contribution in [2.24, 2.45) is 0 Å². The molecule has 3 rings (SSSR count). The first-order valence-corrected chi connectivity index (χ1v) is 13.0. The van der Waals surface area contributed by atoms with Crippen molar-refractivity contribution >= 4 is 0 Å². The Labute approximate surface area is 218 Å². The molecule has 1 aromatic carbocycles. The maximum atomic E-state index is 12.9. The molecular formula is C31H45FN4. The topological polar surface area (TPSA) is 30.5 Å². The lowest BCUT2D eigenvalue weighted by Gasteiger charge is -2.32. The van der Waals surface area contributed by atoms with Gasteiger partial charge in [0.1, 0.15) is 5.82 Å². The lowest BCUT2D eigenvalue weighted by molar-refractivity contribution is 0.280. The molecule has 1 unspecified atom stereocenters. The first-order chi connectivity index (χ1) is 17.4. The van der Waals surface area contributed by atoms with Gasteiger partial charge < -0.3 is 15.5 Å². The second-order valence-corrected chi connectivity index (χ2v) is 9.50. The second-order valence-electron chi connectivity index (χ2n) is 9.50. The van der Waals surface area contributed by atoms with Gasteiger partial charge in [-0.1, -0.05) is 68.8 Å². The molecule has 0 amide bonds. The molecule has 1 aliphatic heterocycles. The monoisotopic (exact) mass is 492 g/mol. The van der Waals surface area contributed by atoms with Crippen molar-refractivity contribution in [1.82, 2.24) is 20.4 Å². The zero-order valence-electron chi connectivity index (χ0n) is 22.2. The summed E-state index contributed by atoms with van der Waals surface area (Å²) in [4.78, 5) is 4.69. The normalized spacial score (nSPS) is 17.2. The van der Waals surface area contributed by atoms with E-state index in [1.807, 2.05) is 30.4 Å². The van der Waals surface area contributed by atoms with E-state index in [9.17, 15) is 4.39 Å². The van der Waals surface area contributed by atoms with Gasteiger partial charge in [-0.25, -0.2) is 4.39 Å². The summed E-state index contributed by atoms with van der Waals surface area (Å²) in [5, 5.41) is 6.78. The molecule has 5 heteroatoms. The van der Waals surface area contributed by atoms with E-state index in [0.717, 1.165) is 68.2 Å². The average Bonchev–Trinajstić information content (AvgIpc) is 3.59. The molecule has 2 N–H and O–H groups in total. The largest absolute Gasteiger partial charge is 0.383 e. The number of allylic oxidation sites excluding steroid dienone is 2. The van der Waals surface area contributed by atoms with Crippen LogP contribution in [0.5, 0.6) is 0 Å². The van der Waals surface area contributed by atoms with Gasteiger partial charge in [0.2, 0.25) is 0 Å². The average molecular weight is 493 g/mol. The Balaban J connectivity index is 0.000000373. The summed E-state index contributed by atoms with van der Waals surface area (Å²) in [7, 11) is 2.13. The van der Waals surface area contributed by atoms with Crippen molar-refractivity contribution in [3.8, 4) is 0 Å². The number of nitrogens with zero attached hydrogens (tertiary/aromatic N) is 2. The molecule has 1 aromatic rings. The molecule has 1 saturated carbocycles. The van der Waals surface area contributed by atoms with Crippen LogP contribution in [-0.4, -0.2) is 62.2 Å². The Kier molecular flexibility index (Phi) is 13.0. The number of likely N-dealkylation sites (N-methyl/N-ethyl adjacent to an activating group) is 1. The van der Waals surface area contributed by atoms with Gasteiger partial charge in [-0.3, -0.25) is 4.90 Å². The molecule has 1 heterocycles. The Morgan fingerprint density at radius 3 is 2.56 bits per heavy atom. The van der Waals surface area contributed by atoms with E-state index in [1.54, 1.807) is 12.1 Å². The minimum atomic E-state index is -0.0370. The SMILES string of the molecule is C=C/C=C(\C=C)CNC(=C)C1CCCN1C(=C)CN(C)CCNCC=C.Fc1ccccc1C1CC1. The van der Waals surface area contributed by atoms with E-state index in [2.05, 4.69) is 60.4 Å². The molecule has 36 heavy (non-hydrogen) atoms. The molecule has 0 radical (unpaired) electrons.